The molecule has 0 spiro atoms. The van der Waals surface area contributed by atoms with Gasteiger partial charge < -0.3 is 15.2 Å². The molecular formula is C20H18FN5O4. The highest BCUT2D eigenvalue weighted by atomic mass is 19.1. The summed E-state index contributed by atoms with van der Waals surface area (Å²) < 4.78 is 15.0. The molecule has 1 unspecified atom stereocenters. The molecule has 1 heterocycles. The highest BCUT2D eigenvalue weighted by molar-refractivity contribution is 5.97. The zero-order valence-electron chi connectivity index (χ0n) is 15.9. The summed E-state index contributed by atoms with van der Waals surface area (Å²) in [6, 6.07) is 10.2. The second-order valence-corrected chi connectivity index (χ2v) is 6.44. The Labute approximate surface area is 170 Å². The summed E-state index contributed by atoms with van der Waals surface area (Å²) in [6.07, 6.45) is 3.28. The molecule has 0 saturated carbocycles. The Kier molecular flexibility index (Phi) is 6.16. The number of non-ortho nitro benzene ring substituents is 1. The number of imidazole rings is 1. The van der Waals surface area contributed by atoms with Crippen molar-refractivity contribution in [1.29, 1.82) is 0 Å². The van der Waals surface area contributed by atoms with Crippen LogP contribution in [0.5, 0.6) is 0 Å². The number of rotatable bonds is 7. The van der Waals surface area contributed by atoms with E-state index in [9.17, 15) is 24.1 Å². The average molecular weight is 411 g/mol. The summed E-state index contributed by atoms with van der Waals surface area (Å²) in [6.45, 7) is -0.357. The SMILES string of the molecule is Cn1ccnc1C(NC(=O)CNC(=O)c1cccc([N+](=O)[O-])c1)c1ccc(F)cc1. The third kappa shape index (κ3) is 4.85. The summed E-state index contributed by atoms with van der Waals surface area (Å²) in [7, 11) is 1.76. The van der Waals surface area contributed by atoms with Crippen molar-refractivity contribution in [2.75, 3.05) is 6.54 Å². The van der Waals surface area contributed by atoms with Crippen LogP contribution in [0, 0.1) is 15.9 Å². The molecule has 0 bridgehead atoms. The quantitative estimate of drug-likeness (QED) is 0.456. The minimum atomic E-state index is -0.659. The van der Waals surface area contributed by atoms with Crippen LogP contribution in [0.25, 0.3) is 0 Å². The summed E-state index contributed by atoms with van der Waals surface area (Å²) in [5, 5.41) is 16.0. The van der Waals surface area contributed by atoms with E-state index in [1.54, 1.807) is 24.0 Å². The molecule has 1 aromatic heterocycles. The number of benzene rings is 2. The van der Waals surface area contributed by atoms with Gasteiger partial charge in [0.1, 0.15) is 17.7 Å². The Morgan fingerprint density at radius 1 is 1.23 bits per heavy atom. The second-order valence-electron chi connectivity index (χ2n) is 6.44. The van der Waals surface area contributed by atoms with Crippen LogP contribution in [0.15, 0.2) is 60.9 Å². The van der Waals surface area contributed by atoms with Crippen molar-refractivity contribution in [2.45, 2.75) is 6.04 Å². The molecule has 9 nitrogen and oxygen atoms in total. The molecule has 0 aliphatic carbocycles. The van der Waals surface area contributed by atoms with Crippen LogP contribution in [-0.4, -0.2) is 32.8 Å². The molecule has 0 saturated heterocycles. The van der Waals surface area contributed by atoms with E-state index in [-0.39, 0.29) is 17.8 Å². The summed E-state index contributed by atoms with van der Waals surface area (Å²) in [5.41, 5.74) is 0.457. The molecule has 2 amide bonds. The lowest BCUT2D eigenvalue weighted by atomic mass is 10.1. The molecule has 3 aromatic rings. The number of nitro groups is 1. The lowest BCUT2D eigenvalue weighted by molar-refractivity contribution is -0.384. The van der Waals surface area contributed by atoms with E-state index in [2.05, 4.69) is 15.6 Å². The summed E-state index contributed by atoms with van der Waals surface area (Å²) in [5.74, 6) is -1.01. The maximum absolute atomic E-state index is 13.3. The molecule has 154 valence electrons. The van der Waals surface area contributed by atoms with Crippen molar-refractivity contribution >= 4 is 17.5 Å². The molecular weight excluding hydrogens is 393 g/mol. The van der Waals surface area contributed by atoms with Gasteiger partial charge in [-0.2, -0.15) is 0 Å². The Hall–Kier alpha value is -4.08. The topological polar surface area (TPSA) is 119 Å². The van der Waals surface area contributed by atoms with Gasteiger partial charge in [0.15, 0.2) is 0 Å². The van der Waals surface area contributed by atoms with Gasteiger partial charge >= 0.3 is 0 Å². The smallest absolute Gasteiger partial charge is 0.270 e. The normalized spacial score (nSPS) is 11.5. The fourth-order valence-electron chi connectivity index (χ4n) is 2.84. The van der Waals surface area contributed by atoms with Crippen molar-refractivity contribution in [3.63, 3.8) is 0 Å². The van der Waals surface area contributed by atoms with Crippen LogP contribution in [0.3, 0.4) is 0 Å². The van der Waals surface area contributed by atoms with Crippen LogP contribution >= 0.6 is 0 Å². The standard InChI is InChI=1S/C20H18FN5O4/c1-25-10-9-22-19(25)18(13-5-7-15(21)8-6-13)24-17(27)12-23-20(28)14-3-2-4-16(11-14)26(29)30/h2-11,18H,12H2,1H3,(H,23,28)(H,24,27). The van der Waals surface area contributed by atoms with E-state index in [1.807, 2.05) is 0 Å². The van der Waals surface area contributed by atoms with Crippen molar-refractivity contribution in [1.82, 2.24) is 20.2 Å². The van der Waals surface area contributed by atoms with E-state index in [4.69, 9.17) is 0 Å². The van der Waals surface area contributed by atoms with Gasteiger partial charge in [0.05, 0.1) is 11.5 Å². The van der Waals surface area contributed by atoms with E-state index in [0.717, 1.165) is 6.07 Å². The highest BCUT2D eigenvalue weighted by Gasteiger charge is 2.21. The summed E-state index contributed by atoms with van der Waals surface area (Å²) >= 11 is 0. The number of nitrogens with one attached hydrogen (secondary N) is 2. The molecule has 1 atom stereocenters. The van der Waals surface area contributed by atoms with Gasteiger partial charge in [-0.15, -0.1) is 0 Å². The number of aryl methyl sites for hydroxylation is 1. The van der Waals surface area contributed by atoms with Crippen LogP contribution in [0.1, 0.15) is 27.8 Å². The zero-order chi connectivity index (χ0) is 21.7. The molecule has 30 heavy (non-hydrogen) atoms. The minimum Gasteiger partial charge on any atom is -0.343 e. The molecule has 10 heteroatoms. The number of nitrogens with zero attached hydrogens (tertiary/aromatic N) is 3. The van der Waals surface area contributed by atoms with Crippen molar-refractivity contribution < 1.29 is 18.9 Å². The average Bonchev–Trinajstić information content (AvgIpc) is 3.16. The number of carbonyl (C=O) groups is 2. The van der Waals surface area contributed by atoms with E-state index >= 15 is 0 Å². The number of carbonyl (C=O) groups excluding carboxylic acids is 2. The first kappa shape index (κ1) is 20.6. The predicted molar refractivity (Wildman–Crippen MR) is 105 cm³/mol. The monoisotopic (exact) mass is 411 g/mol. The highest BCUT2D eigenvalue weighted by Crippen LogP contribution is 2.20. The number of hydrogen-bond acceptors (Lipinski definition) is 5. The Morgan fingerprint density at radius 3 is 2.60 bits per heavy atom. The van der Waals surface area contributed by atoms with Crippen molar-refractivity contribution in [3.8, 4) is 0 Å². The second kappa shape index (κ2) is 8.95. The van der Waals surface area contributed by atoms with Crippen molar-refractivity contribution in [2.24, 2.45) is 7.05 Å². The molecule has 0 fully saturated rings. The fourth-order valence-corrected chi connectivity index (χ4v) is 2.84. The fraction of sp³-hybridized carbons (Fsp3) is 0.150. The predicted octanol–water partition coefficient (Wildman–Crippen LogP) is 2.10. The molecule has 0 aliphatic rings. The maximum atomic E-state index is 13.3. The number of amides is 2. The van der Waals surface area contributed by atoms with E-state index < -0.39 is 28.6 Å². The van der Waals surface area contributed by atoms with Crippen LogP contribution in [0.4, 0.5) is 10.1 Å². The van der Waals surface area contributed by atoms with Crippen LogP contribution in [0.2, 0.25) is 0 Å². The maximum Gasteiger partial charge on any atom is 0.270 e. The van der Waals surface area contributed by atoms with Gasteiger partial charge in [0.2, 0.25) is 5.91 Å². The molecule has 2 N–H and O–H groups in total. The van der Waals surface area contributed by atoms with Gasteiger partial charge in [-0.05, 0) is 23.8 Å². The number of aromatic nitrogens is 2. The number of nitro benzene ring substituents is 1. The first-order valence-corrected chi connectivity index (χ1v) is 8.90. The Morgan fingerprint density at radius 2 is 1.97 bits per heavy atom. The molecule has 2 aromatic carbocycles. The third-order valence-electron chi connectivity index (χ3n) is 4.35. The van der Waals surface area contributed by atoms with E-state index in [0.29, 0.717) is 11.4 Å². The number of hydrogen-bond donors (Lipinski definition) is 2. The van der Waals surface area contributed by atoms with Crippen LogP contribution in [-0.2, 0) is 11.8 Å². The largest absolute Gasteiger partial charge is 0.343 e. The first-order chi connectivity index (χ1) is 14.3. The lowest BCUT2D eigenvalue weighted by Crippen LogP contribution is -2.39. The first-order valence-electron chi connectivity index (χ1n) is 8.90. The Bertz CT molecular complexity index is 1080. The summed E-state index contributed by atoms with van der Waals surface area (Å²) in [4.78, 5) is 39.2. The molecule has 0 radical (unpaired) electrons. The van der Waals surface area contributed by atoms with Gasteiger partial charge in [0.25, 0.3) is 11.6 Å². The third-order valence-corrected chi connectivity index (χ3v) is 4.35. The van der Waals surface area contributed by atoms with Crippen LogP contribution < -0.4 is 10.6 Å². The zero-order valence-corrected chi connectivity index (χ0v) is 15.9. The van der Waals surface area contributed by atoms with Gasteiger partial charge in [-0.1, -0.05) is 18.2 Å². The Balaban J connectivity index is 1.70. The number of halogens is 1. The van der Waals surface area contributed by atoms with Gasteiger partial charge in [0, 0.05) is 37.1 Å². The van der Waals surface area contributed by atoms with Gasteiger partial charge in [-0.3, -0.25) is 19.7 Å². The minimum absolute atomic E-state index is 0.0659. The lowest BCUT2D eigenvalue weighted by Gasteiger charge is -2.19. The molecule has 0 aliphatic heterocycles. The van der Waals surface area contributed by atoms with Gasteiger partial charge in [-0.25, -0.2) is 9.37 Å². The molecule has 3 rings (SSSR count). The van der Waals surface area contributed by atoms with E-state index in [1.165, 1.54) is 42.5 Å². The van der Waals surface area contributed by atoms with Crippen molar-refractivity contribution in [3.05, 3.63) is 93.8 Å².